The number of carboxylic acids is 1. The highest BCUT2D eigenvalue weighted by atomic mass is 16.5. The summed E-state index contributed by atoms with van der Waals surface area (Å²) in [5.74, 6) is -1.14. The molecule has 1 amide bonds. The van der Waals surface area contributed by atoms with Crippen LogP contribution in [-0.4, -0.2) is 36.2 Å². The van der Waals surface area contributed by atoms with Gasteiger partial charge in [0, 0.05) is 12.2 Å². The number of carbonyl (C=O) groups is 2. The van der Waals surface area contributed by atoms with E-state index in [-0.39, 0.29) is 30.9 Å². The fourth-order valence-corrected chi connectivity index (χ4v) is 2.63. The first kappa shape index (κ1) is 15.5. The van der Waals surface area contributed by atoms with Crippen LogP contribution in [0.25, 0.3) is 0 Å². The topological polar surface area (TPSA) is 66.8 Å². The fraction of sp³-hybridized carbons (Fsp3) is 0.500. The van der Waals surface area contributed by atoms with E-state index in [4.69, 9.17) is 9.84 Å². The molecule has 5 nitrogen and oxygen atoms in total. The lowest BCUT2D eigenvalue weighted by Crippen LogP contribution is -2.38. The van der Waals surface area contributed by atoms with E-state index < -0.39 is 5.97 Å². The molecule has 1 fully saturated rings. The Morgan fingerprint density at radius 2 is 2.10 bits per heavy atom. The molecule has 0 radical (unpaired) electrons. The summed E-state index contributed by atoms with van der Waals surface area (Å²) in [6.45, 7) is 4.46. The van der Waals surface area contributed by atoms with Crippen LogP contribution in [-0.2, 0) is 14.3 Å². The Balaban J connectivity index is 2.21. The Morgan fingerprint density at radius 1 is 1.38 bits per heavy atom. The number of hydrogen-bond donors (Lipinski definition) is 1. The summed E-state index contributed by atoms with van der Waals surface area (Å²) >= 11 is 0. The minimum Gasteiger partial charge on any atom is -0.481 e. The molecule has 2 atom stereocenters. The van der Waals surface area contributed by atoms with E-state index in [1.807, 2.05) is 38.1 Å². The van der Waals surface area contributed by atoms with Crippen molar-refractivity contribution in [3.05, 3.63) is 29.8 Å². The van der Waals surface area contributed by atoms with Crippen molar-refractivity contribution in [3.63, 3.8) is 0 Å². The van der Waals surface area contributed by atoms with E-state index in [0.717, 1.165) is 11.3 Å². The standard InChI is InChI=1S/C16H21NO4/c1-11-5-3-4-6-14(11)17(8-7-15(18)19)16(20)13-9-12(2)21-10-13/h3-6,12-13H,7-10H2,1-2H3,(H,18,19). The number of aliphatic carboxylic acids is 1. The van der Waals surface area contributed by atoms with E-state index in [2.05, 4.69) is 0 Å². The molecule has 1 aliphatic rings. The Morgan fingerprint density at radius 3 is 2.67 bits per heavy atom. The molecule has 5 heteroatoms. The van der Waals surface area contributed by atoms with Crippen molar-refractivity contribution in [3.8, 4) is 0 Å². The maximum absolute atomic E-state index is 12.7. The molecule has 0 spiro atoms. The number of para-hydroxylation sites is 1. The average Bonchev–Trinajstić information content (AvgIpc) is 2.87. The number of carbonyl (C=O) groups excluding carboxylic acids is 1. The number of aryl methyl sites for hydroxylation is 1. The summed E-state index contributed by atoms with van der Waals surface area (Å²) in [6, 6.07) is 7.54. The highest BCUT2D eigenvalue weighted by Gasteiger charge is 2.32. The third-order valence-corrected chi connectivity index (χ3v) is 3.77. The highest BCUT2D eigenvalue weighted by molar-refractivity contribution is 5.96. The highest BCUT2D eigenvalue weighted by Crippen LogP contribution is 2.26. The molecular formula is C16H21NO4. The quantitative estimate of drug-likeness (QED) is 0.903. The lowest BCUT2D eigenvalue weighted by molar-refractivity contribution is -0.136. The van der Waals surface area contributed by atoms with Gasteiger partial charge in [-0.15, -0.1) is 0 Å². The van der Waals surface area contributed by atoms with E-state index >= 15 is 0 Å². The zero-order chi connectivity index (χ0) is 15.4. The minimum atomic E-state index is -0.905. The number of rotatable bonds is 5. The molecule has 1 saturated heterocycles. The van der Waals surface area contributed by atoms with Gasteiger partial charge in [-0.3, -0.25) is 9.59 Å². The van der Waals surface area contributed by atoms with Crippen molar-refractivity contribution in [1.29, 1.82) is 0 Å². The van der Waals surface area contributed by atoms with Gasteiger partial charge in [0.25, 0.3) is 0 Å². The first-order valence-corrected chi connectivity index (χ1v) is 7.19. The van der Waals surface area contributed by atoms with E-state index in [9.17, 15) is 9.59 Å². The van der Waals surface area contributed by atoms with Crippen LogP contribution in [0.3, 0.4) is 0 Å². The van der Waals surface area contributed by atoms with Gasteiger partial charge in [-0.2, -0.15) is 0 Å². The van der Waals surface area contributed by atoms with E-state index in [0.29, 0.717) is 13.0 Å². The zero-order valence-electron chi connectivity index (χ0n) is 12.4. The van der Waals surface area contributed by atoms with Gasteiger partial charge in [-0.05, 0) is 31.9 Å². The van der Waals surface area contributed by atoms with Crippen LogP contribution in [0.4, 0.5) is 5.69 Å². The normalized spacial score (nSPS) is 21.2. The van der Waals surface area contributed by atoms with E-state index in [1.165, 1.54) is 0 Å². The molecule has 0 bridgehead atoms. The number of hydrogen-bond acceptors (Lipinski definition) is 3. The number of amides is 1. The number of carboxylic acid groups (broad SMARTS) is 1. The second kappa shape index (κ2) is 6.72. The van der Waals surface area contributed by atoms with Crippen molar-refractivity contribution < 1.29 is 19.4 Å². The Hall–Kier alpha value is -1.88. The van der Waals surface area contributed by atoms with Gasteiger partial charge in [0.15, 0.2) is 0 Å². The number of ether oxygens (including phenoxy) is 1. The maximum atomic E-state index is 12.7. The van der Waals surface area contributed by atoms with Crippen molar-refractivity contribution >= 4 is 17.6 Å². The number of nitrogens with zero attached hydrogens (tertiary/aromatic N) is 1. The number of benzene rings is 1. The first-order chi connectivity index (χ1) is 9.99. The summed E-state index contributed by atoms with van der Waals surface area (Å²) in [7, 11) is 0. The second-order valence-electron chi connectivity index (χ2n) is 5.50. The predicted octanol–water partition coefficient (Wildman–Crippen LogP) is 2.23. The van der Waals surface area contributed by atoms with Crippen LogP contribution < -0.4 is 4.90 Å². The van der Waals surface area contributed by atoms with Gasteiger partial charge < -0.3 is 14.7 Å². The fourth-order valence-electron chi connectivity index (χ4n) is 2.63. The van der Waals surface area contributed by atoms with Gasteiger partial charge in [-0.1, -0.05) is 18.2 Å². The third-order valence-electron chi connectivity index (χ3n) is 3.77. The second-order valence-corrected chi connectivity index (χ2v) is 5.50. The average molecular weight is 291 g/mol. The number of anilines is 1. The van der Waals surface area contributed by atoms with Gasteiger partial charge in [0.05, 0.1) is 25.0 Å². The molecule has 2 rings (SSSR count). The van der Waals surface area contributed by atoms with Crippen molar-refractivity contribution in [2.45, 2.75) is 32.8 Å². The summed E-state index contributed by atoms with van der Waals surface area (Å²) in [6.07, 6.45) is 0.703. The zero-order valence-corrected chi connectivity index (χ0v) is 12.4. The Bertz CT molecular complexity index is 529. The molecule has 0 saturated carbocycles. The summed E-state index contributed by atoms with van der Waals surface area (Å²) in [5.41, 5.74) is 1.74. The molecule has 1 aliphatic heterocycles. The van der Waals surface area contributed by atoms with Crippen LogP contribution in [0, 0.1) is 12.8 Å². The summed E-state index contributed by atoms with van der Waals surface area (Å²) < 4.78 is 5.46. The molecule has 114 valence electrons. The molecule has 0 aromatic heterocycles. The maximum Gasteiger partial charge on any atom is 0.305 e. The van der Waals surface area contributed by atoms with Gasteiger partial charge >= 0.3 is 5.97 Å². The molecule has 21 heavy (non-hydrogen) atoms. The first-order valence-electron chi connectivity index (χ1n) is 7.19. The molecule has 2 unspecified atom stereocenters. The predicted molar refractivity (Wildman–Crippen MR) is 79.3 cm³/mol. The smallest absolute Gasteiger partial charge is 0.305 e. The molecule has 0 aliphatic carbocycles. The third kappa shape index (κ3) is 3.82. The van der Waals surface area contributed by atoms with Crippen LogP contribution in [0.1, 0.15) is 25.3 Å². The Labute approximate surface area is 124 Å². The summed E-state index contributed by atoms with van der Waals surface area (Å²) in [4.78, 5) is 25.2. The molecule has 1 aromatic carbocycles. The lowest BCUT2D eigenvalue weighted by atomic mass is 10.0. The van der Waals surface area contributed by atoms with Gasteiger partial charge in [0.1, 0.15) is 0 Å². The van der Waals surface area contributed by atoms with Gasteiger partial charge in [-0.25, -0.2) is 0 Å². The molecular weight excluding hydrogens is 270 g/mol. The monoisotopic (exact) mass is 291 g/mol. The van der Waals surface area contributed by atoms with Crippen LogP contribution in [0.15, 0.2) is 24.3 Å². The van der Waals surface area contributed by atoms with Crippen LogP contribution in [0.5, 0.6) is 0 Å². The van der Waals surface area contributed by atoms with Crippen molar-refractivity contribution in [1.82, 2.24) is 0 Å². The lowest BCUT2D eigenvalue weighted by Gasteiger charge is -2.26. The summed E-state index contributed by atoms with van der Waals surface area (Å²) in [5, 5.41) is 8.91. The minimum absolute atomic E-state index is 0.0464. The van der Waals surface area contributed by atoms with E-state index in [1.54, 1.807) is 4.90 Å². The molecule has 1 N–H and O–H groups in total. The largest absolute Gasteiger partial charge is 0.481 e. The SMILES string of the molecule is Cc1ccccc1N(CCC(=O)O)C(=O)C1COC(C)C1. The van der Waals surface area contributed by atoms with Crippen LogP contribution in [0.2, 0.25) is 0 Å². The van der Waals surface area contributed by atoms with Crippen LogP contribution >= 0.6 is 0 Å². The molecule has 1 aromatic rings. The van der Waals surface area contributed by atoms with Gasteiger partial charge in [0.2, 0.25) is 5.91 Å². The Kier molecular flexibility index (Phi) is 4.96. The van der Waals surface area contributed by atoms with Crippen molar-refractivity contribution in [2.24, 2.45) is 5.92 Å². The van der Waals surface area contributed by atoms with Crippen molar-refractivity contribution in [2.75, 3.05) is 18.1 Å². The molecule has 1 heterocycles.